The summed E-state index contributed by atoms with van der Waals surface area (Å²) >= 11 is 3.59. The van der Waals surface area contributed by atoms with Crippen molar-refractivity contribution in [2.24, 2.45) is 0 Å². The van der Waals surface area contributed by atoms with Crippen LogP contribution in [0.3, 0.4) is 0 Å². The summed E-state index contributed by atoms with van der Waals surface area (Å²) in [6.45, 7) is 0. The molecule has 182 valence electrons. The molecule has 0 saturated carbocycles. The van der Waals surface area contributed by atoms with Crippen molar-refractivity contribution in [3.05, 3.63) is 141 Å². The Kier molecular flexibility index (Phi) is 6.23. The van der Waals surface area contributed by atoms with Gasteiger partial charge in [0.25, 0.3) is 0 Å². The van der Waals surface area contributed by atoms with Crippen molar-refractivity contribution >= 4 is 38.9 Å². The quantitative estimate of drug-likeness (QED) is 0.257. The van der Waals surface area contributed by atoms with E-state index in [9.17, 15) is 9.59 Å². The second-order valence-corrected chi connectivity index (χ2v) is 10.5. The van der Waals surface area contributed by atoms with Crippen LogP contribution in [0.5, 0.6) is 0 Å². The van der Waals surface area contributed by atoms with Gasteiger partial charge in [-0.3, -0.25) is 9.59 Å². The van der Waals surface area contributed by atoms with Crippen molar-refractivity contribution in [1.82, 2.24) is 0 Å². The summed E-state index contributed by atoms with van der Waals surface area (Å²) in [6, 6.07) is 32.9. The number of hydrogen-bond donors (Lipinski definition) is 2. The molecule has 0 unspecified atom stereocenters. The van der Waals surface area contributed by atoms with E-state index in [-0.39, 0.29) is 23.5 Å². The minimum atomic E-state index is -0.304. The molecule has 2 N–H and O–H groups in total. The number of hydrogen-bond acceptors (Lipinski definition) is 4. The predicted molar refractivity (Wildman–Crippen MR) is 151 cm³/mol. The first-order valence-corrected chi connectivity index (χ1v) is 13.2. The molecule has 5 heteroatoms. The summed E-state index contributed by atoms with van der Waals surface area (Å²) in [5.41, 5.74) is 6.74. The van der Waals surface area contributed by atoms with E-state index in [0.29, 0.717) is 24.0 Å². The molecule has 4 aromatic rings. The average molecular weight is 549 g/mol. The van der Waals surface area contributed by atoms with Gasteiger partial charge in [-0.05, 0) is 53.8 Å². The maximum absolute atomic E-state index is 13.7. The molecule has 0 amide bonds. The summed E-state index contributed by atoms with van der Waals surface area (Å²) in [6.07, 6.45) is 1.18. The summed E-state index contributed by atoms with van der Waals surface area (Å²) in [4.78, 5) is 26.9. The van der Waals surface area contributed by atoms with E-state index < -0.39 is 0 Å². The number of Topliss-reactive ketones (excluding diaryl/α,β-unsaturated/α-hetero) is 1. The second-order valence-electron chi connectivity index (χ2n) is 9.54. The van der Waals surface area contributed by atoms with Crippen molar-refractivity contribution in [2.75, 3.05) is 10.6 Å². The third-order valence-electron chi connectivity index (χ3n) is 7.15. The third-order valence-corrected chi connectivity index (χ3v) is 7.65. The maximum atomic E-state index is 13.7. The molecule has 1 aliphatic carbocycles. The Morgan fingerprint density at radius 3 is 2.22 bits per heavy atom. The molecule has 2 atom stereocenters. The third kappa shape index (κ3) is 4.63. The van der Waals surface area contributed by atoms with E-state index in [2.05, 4.69) is 44.8 Å². The van der Waals surface area contributed by atoms with Crippen LogP contribution < -0.4 is 10.6 Å². The average Bonchev–Trinajstić information content (AvgIpc) is 3.10. The van der Waals surface area contributed by atoms with Gasteiger partial charge in [0.15, 0.2) is 11.6 Å². The molecule has 0 aromatic heterocycles. The Balaban J connectivity index is 1.44. The highest BCUT2D eigenvalue weighted by Gasteiger charge is 2.36. The number of allylic oxidation sites excluding steroid dienone is 1. The summed E-state index contributed by atoms with van der Waals surface area (Å²) in [5.74, 6) is 0.196. The highest BCUT2D eigenvalue weighted by atomic mass is 79.9. The first kappa shape index (κ1) is 23.4. The van der Waals surface area contributed by atoms with E-state index in [1.54, 1.807) is 0 Å². The van der Waals surface area contributed by atoms with Crippen LogP contribution in [-0.2, 0) is 4.79 Å². The fourth-order valence-electron chi connectivity index (χ4n) is 5.34. The second kappa shape index (κ2) is 9.83. The SMILES string of the molecule is O=C1C[C@H](c2ccccc2)CC2=C1[C@H](c1cccc(Br)c1)Nc1ccc(C(=O)c3ccccc3)cc1N2. The smallest absolute Gasteiger partial charge is 0.193 e. The molecule has 2 aliphatic rings. The van der Waals surface area contributed by atoms with Crippen LogP contribution in [0.2, 0.25) is 0 Å². The van der Waals surface area contributed by atoms with Crippen molar-refractivity contribution in [2.45, 2.75) is 24.8 Å². The van der Waals surface area contributed by atoms with Crippen molar-refractivity contribution in [3.8, 4) is 0 Å². The molecule has 6 rings (SSSR count). The zero-order valence-corrected chi connectivity index (χ0v) is 21.7. The molecule has 0 saturated heterocycles. The van der Waals surface area contributed by atoms with E-state index in [1.807, 2.05) is 84.9 Å². The van der Waals surface area contributed by atoms with Gasteiger partial charge in [0, 0.05) is 33.3 Å². The van der Waals surface area contributed by atoms with Gasteiger partial charge in [-0.2, -0.15) is 0 Å². The molecule has 4 nitrogen and oxygen atoms in total. The first-order chi connectivity index (χ1) is 18.1. The molecule has 1 heterocycles. The fraction of sp³-hybridized carbons (Fsp3) is 0.125. The molecular weight excluding hydrogens is 524 g/mol. The highest BCUT2D eigenvalue weighted by Crippen LogP contribution is 2.44. The predicted octanol–water partition coefficient (Wildman–Crippen LogP) is 7.66. The first-order valence-electron chi connectivity index (χ1n) is 12.4. The van der Waals surface area contributed by atoms with Crippen molar-refractivity contribution in [3.63, 3.8) is 0 Å². The molecule has 0 spiro atoms. The zero-order chi connectivity index (χ0) is 25.4. The monoisotopic (exact) mass is 548 g/mol. The van der Waals surface area contributed by atoms with Crippen molar-refractivity contribution < 1.29 is 9.59 Å². The minimum absolute atomic E-state index is 0.0333. The van der Waals surface area contributed by atoms with Crippen molar-refractivity contribution in [1.29, 1.82) is 0 Å². The fourth-order valence-corrected chi connectivity index (χ4v) is 5.76. The summed E-state index contributed by atoms with van der Waals surface area (Å²) < 4.78 is 0.959. The van der Waals surface area contributed by atoms with Gasteiger partial charge in [-0.25, -0.2) is 0 Å². The standard InChI is InChI=1S/C32H25BrN2O2/c33-25-13-7-12-22(16-25)31-30-28(18-24(19-29(30)36)20-8-3-1-4-9-20)34-27-17-23(14-15-26(27)35-31)32(37)21-10-5-2-6-11-21/h1-17,24,31,34-35H,18-19H2/t24-,31+/m1/s1. The lowest BCUT2D eigenvalue weighted by molar-refractivity contribution is -0.116. The Morgan fingerprint density at radius 2 is 1.46 bits per heavy atom. The molecule has 37 heavy (non-hydrogen) atoms. The molecular formula is C32H25BrN2O2. The van der Waals surface area contributed by atoms with Crippen LogP contribution in [0.15, 0.2) is 119 Å². The van der Waals surface area contributed by atoms with E-state index >= 15 is 0 Å². The largest absolute Gasteiger partial charge is 0.372 e. The van der Waals surface area contributed by atoms with Crippen LogP contribution in [0.25, 0.3) is 0 Å². The number of rotatable bonds is 4. The molecule has 0 radical (unpaired) electrons. The molecule has 0 bridgehead atoms. The Morgan fingerprint density at radius 1 is 0.730 bits per heavy atom. The van der Waals surface area contributed by atoms with Gasteiger partial charge in [0.05, 0.1) is 17.4 Å². The van der Waals surface area contributed by atoms with Crippen LogP contribution >= 0.6 is 15.9 Å². The minimum Gasteiger partial charge on any atom is -0.372 e. The highest BCUT2D eigenvalue weighted by molar-refractivity contribution is 9.10. The Bertz CT molecular complexity index is 1530. The van der Waals surface area contributed by atoms with Crippen LogP contribution in [0.4, 0.5) is 11.4 Å². The number of anilines is 2. The van der Waals surface area contributed by atoms with Crippen LogP contribution in [0.1, 0.15) is 51.8 Å². The number of carbonyl (C=O) groups is 2. The van der Waals surface area contributed by atoms with E-state index in [4.69, 9.17) is 0 Å². The summed E-state index contributed by atoms with van der Waals surface area (Å²) in [7, 11) is 0. The van der Waals surface area contributed by atoms with E-state index in [1.165, 1.54) is 0 Å². The lowest BCUT2D eigenvalue weighted by Gasteiger charge is -2.30. The number of benzene rings is 4. The lowest BCUT2D eigenvalue weighted by Crippen LogP contribution is -2.26. The van der Waals surface area contributed by atoms with Crippen LogP contribution in [0, 0.1) is 0 Å². The lowest BCUT2D eigenvalue weighted by atomic mass is 9.78. The Labute approximate surface area is 224 Å². The number of nitrogens with one attached hydrogen (secondary N) is 2. The normalized spacial score (nSPS) is 18.7. The van der Waals surface area contributed by atoms with Crippen LogP contribution in [-0.4, -0.2) is 11.6 Å². The van der Waals surface area contributed by atoms with Gasteiger partial charge < -0.3 is 10.6 Å². The van der Waals surface area contributed by atoms with E-state index in [0.717, 1.165) is 38.2 Å². The summed E-state index contributed by atoms with van der Waals surface area (Å²) in [5, 5.41) is 7.20. The van der Waals surface area contributed by atoms with Gasteiger partial charge in [-0.15, -0.1) is 0 Å². The number of carbonyl (C=O) groups excluding carboxylic acids is 2. The maximum Gasteiger partial charge on any atom is 0.193 e. The Hall–Kier alpha value is -3.96. The van der Waals surface area contributed by atoms with Gasteiger partial charge in [0.1, 0.15) is 0 Å². The number of halogens is 1. The topological polar surface area (TPSA) is 58.2 Å². The number of fused-ring (bicyclic) bond motifs is 1. The van der Waals surface area contributed by atoms with Gasteiger partial charge in [-0.1, -0.05) is 88.7 Å². The van der Waals surface area contributed by atoms with Gasteiger partial charge in [0.2, 0.25) is 0 Å². The molecule has 0 fully saturated rings. The molecule has 4 aromatic carbocycles. The zero-order valence-electron chi connectivity index (χ0n) is 20.1. The number of ketones is 2. The molecule has 1 aliphatic heterocycles. The van der Waals surface area contributed by atoms with Gasteiger partial charge >= 0.3 is 0 Å².